The highest BCUT2D eigenvalue weighted by Gasteiger charge is 2.23. The Bertz CT molecular complexity index is 1120. The summed E-state index contributed by atoms with van der Waals surface area (Å²) in [6.45, 7) is 3.93. The van der Waals surface area contributed by atoms with E-state index in [1.807, 2.05) is 32.0 Å². The second-order valence-electron chi connectivity index (χ2n) is 5.94. The maximum Gasteiger partial charge on any atom is 0.419 e. The molecule has 3 rings (SSSR count). The van der Waals surface area contributed by atoms with Crippen LogP contribution in [0.2, 0.25) is 5.02 Å². The van der Waals surface area contributed by atoms with E-state index in [-0.39, 0.29) is 15.5 Å². The van der Waals surface area contributed by atoms with Crippen LogP contribution in [0.15, 0.2) is 44.4 Å². The Labute approximate surface area is 156 Å². The highest BCUT2D eigenvalue weighted by atomic mass is 35.5. The number of nitrogens with zero attached hydrogens (tertiary/aromatic N) is 1. The SMILES string of the molecule is CCc1cccc(CC)c1NS(=O)(=O)c1cc2oc(=O)n(C)c2cc1Cl. The minimum absolute atomic E-state index is 0.0217. The molecule has 1 N–H and O–H groups in total. The molecule has 0 radical (unpaired) electrons. The van der Waals surface area contributed by atoms with Crippen LogP contribution in [0, 0.1) is 0 Å². The lowest BCUT2D eigenvalue weighted by Crippen LogP contribution is -2.16. The van der Waals surface area contributed by atoms with Crippen LogP contribution in [0.4, 0.5) is 5.69 Å². The number of sulfonamides is 1. The normalized spacial score (nSPS) is 11.8. The lowest BCUT2D eigenvalue weighted by molar-refractivity contribution is 0.527. The number of oxazole rings is 1. The first kappa shape index (κ1) is 18.5. The largest absolute Gasteiger partial charge is 0.419 e. The third-order valence-electron chi connectivity index (χ3n) is 4.37. The summed E-state index contributed by atoms with van der Waals surface area (Å²) in [6.07, 6.45) is 1.37. The van der Waals surface area contributed by atoms with Crippen molar-refractivity contribution in [3.63, 3.8) is 0 Å². The van der Waals surface area contributed by atoms with E-state index in [1.165, 1.54) is 23.7 Å². The predicted molar refractivity (Wildman–Crippen MR) is 102 cm³/mol. The van der Waals surface area contributed by atoms with Gasteiger partial charge in [0, 0.05) is 13.1 Å². The zero-order chi connectivity index (χ0) is 19.1. The van der Waals surface area contributed by atoms with Gasteiger partial charge in [0.1, 0.15) is 4.90 Å². The van der Waals surface area contributed by atoms with Crippen LogP contribution in [-0.4, -0.2) is 13.0 Å². The monoisotopic (exact) mass is 394 g/mol. The summed E-state index contributed by atoms with van der Waals surface area (Å²) < 4.78 is 35.0. The first-order chi connectivity index (χ1) is 12.3. The Kier molecular flexibility index (Phi) is 4.86. The van der Waals surface area contributed by atoms with E-state index in [0.29, 0.717) is 24.0 Å². The molecule has 8 heteroatoms. The number of halogens is 1. The molecule has 138 valence electrons. The molecular formula is C18H19ClN2O4S. The van der Waals surface area contributed by atoms with Gasteiger partial charge in [-0.05, 0) is 30.0 Å². The summed E-state index contributed by atoms with van der Waals surface area (Å²) in [4.78, 5) is 11.5. The zero-order valence-electron chi connectivity index (χ0n) is 14.7. The fourth-order valence-electron chi connectivity index (χ4n) is 2.90. The van der Waals surface area contributed by atoms with Crippen molar-refractivity contribution in [1.29, 1.82) is 0 Å². The van der Waals surface area contributed by atoms with Crippen molar-refractivity contribution in [3.05, 3.63) is 57.0 Å². The molecule has 0 spiro atoms. The summed E-state index contributed by atoms with van der Waals surface area (Å²) in [5.74, 6) is -0.580. The Morgan fingerprint density at radius 1 is 1.15 bits per heavy atom. The lowest BCUT2D eigenvalue weighted by Gasteiger charge is -2.16. The predicted octanol–water partition coefficient (Wildman–Crippen LogP) is 3.71. The van der Waals surface area contributed by atoms with Crippen molar-refractivity contribution < 1.29 is 12.8 Å². The van der Waals surface area contributed by atoms with Crippen molar-refractivity contribution in [2.24, 2.45) is 7.05 Å². The molecule has 1 heterocycles. The minimum Gasteiger partial charge on any atom is -0.408 e. The van der Waals surface area contributed by atoms with Crippen molar-refractivity contribution in [2.45, 2.75) is 31.6 Å². The van der Waals surface area contributed by atoms with Gasteiger partial charge in [-0.15, -0.1) is 0 Å². The van der Waals surface area contributed by atoms with Crippen LogP contribution in [0.25, 0.3) is 11.1 Å². The average molecular weight is 395 g/mol. The number of fused-ring (bicyclic) bond motifs is 1. The highest BCUT2D eigenvalue weighted by molar-refractivity contribution is 7.92. The molecular weight excluding hydrogens is 376 g/mol. The molecule has 0 fully saturated rings. The molecule has 0 aliphatic rings. The van der Waals surface area contributed by atoms with Gasteiger partial charge in [-0.3, -0.25) is 9.29 Å². The molecule has 26 heavy (non-hydrogen) atoms. The molecule has 1 aromatic heterocycles. The van der Waals surface area contributed by atoms with Gasteiger partial charge in [0.05, 0.1) is 16.2 Å². The summed E-state index contributed by atoms with van der Waals surface area (Å²) in [7, 11) is -2.43. The van der Waals surface area contributed by atoms with Crippen LogP contribution >= 0.6 is 11.6 Å². The van der Waals surface area contributed by atoms with E-state index in [2.05, 4.69) is 4.72 Å². The molecule has 0 saturated carbocycles. The van der Waals surface area contributed by atoms with E-state index in [1.54, 1.807) is 0 Å². The van der Waals surface area contributed by atoms with E-state index in [9.17, 15) is 13.2 Å². The van der Waals surface area contributed by atoms with Gasteiger partial charge in [-0.1, -0.05) is 43.6 Å². The van der Waals surface area contributed by atoms with Gasteiger partial charge in [0.25, 0.3) is 10.0 Å². The number of hydrogen-bond donors (Lipinski definition) is 1. The molecule has 2 aromatic carbocycles. The van der Waals surface area contributed by atoms with Crippen LogP contribution < -0.4 is 10.5 Å². The lowest BCUT2D eigenvalue weighted by atomic mass is 10.0. The fraction of sp³-hybridized carbons (Fsp3) is 0.278. The smallest absolute Gasteiger partial charge is 0.408 e. The number of nitrogens with one attached hydrogen (secondary N) is 1. The van der Waals surface area contributed by atoms with Crippen molar-refractivity contribution in [1.82, 2.24) is 4.57 Å². The van der Waals surface area contributed by atoms with Crippen LogP contribution in [-0.2, 0) is 29.9 Å². The first-order valence-corrected chi connectivity index (χ1v) is 10.1. The Morgan fingerprint density at radius 2 is 1.77 bits per heavy atom. The van der Waals surface area contributed by atoms with Crippen LogP contribution in [0.5, 0.6) is 0 Å². The Hall–Kier alpha value is -2.25. The van der Waals surface area contributed by atoms with E-state index in [4.69, 9.17) is 16.0 Å². The topological polar surface area (TPSA) is 81.3 Å². The fourth-order valence-corrected chi connectivity index (χ4v) is 4.58. The third-order valence-corrected chi connectivity index (χ3v) is 6.19. The highest BCUT2D eigenvalue weighted by Crippen LogP contribution is 2.31. The van der Waals surface area contributed by atoms with E-state index >= 15 is 0 Å². The van der Waals surface area contributed by atoms with E-state index in [0.717, 1.165) is 11.1 Å². The quantitative estimate of drug-likeness (QED) is 0.715. The number of hydrogen-bond acceptors (Lipinski definition) is 4. The maximum atomic E-state index is 13.0. The Balaban J connectivity index is 2.14. The molecule has 0 saturated heterocycles. The van der Waals surface area contributed by atoms with Gasteiger partial charge >= 0.3 is 5.76 Å². The first-order valence-electron chi connectivity index (χ1n) is 8.21. The van der Waals surface area contributed by atoms with Crippen molar-refractivity contribution in [2.75, 3.05) is 4.72 Å². The molecule has 0 bridgehead atoms. The molecule has 0 unspecified atom stereocenters. The van der Waals surface area contributed by atoms with E-state index < -0.39 is 15.8 Å². The molecule has 3 aromatic rings. The number of anilines is 1. The molecule has 0 aliphatic heterocycles. The average Bonchev–Trinajstić information content (AvgIpc) is 2.88. The van der Waals surface area contributed by atoms with Gasteiger partial charge in [0.2, 0.25) is 0 Å². The summed E-state index contributed by atoms with van der Waals surface area (Å²) in [5.41, 5.74) is 2.97. The molecule has 0 amide bonds. The summed E-state index contributed by atoms with van der Waals surface area (Å²) in [5, 5.41) is 0.0217. The molecule has 0 atom stereocenters. The second-order valence-corrected chi connectivity index (χ2v) is 8.00. The minimum atomic E-state index is -3.96. The standard InChI is InChI=1S/C18H19ClN2O4S/c1-4-11-7-6-8-12(5-2)17(11)20-26(23,24)16-10-15-14(9-13(16)19)21(3)18(22)25-15/h6-10,20H,4-5H2,1-3H3. The zero-order valence-corrected chi connectivity index (χ0v) is 16.2. The maximum absolute atomic E-state index is 13.0. The van der Waals surface area contributed by atoms with Crippen LogP contribution in [0.1, 0.15) is 25.0 Å². The van der Waals surface area contributed by atoms with Crippen molar-refractivity contribution >= 4 is 38.4 Å². The summed E-state index contributed by atoms with van der Waals surface area (Å²) in [6, 6.07) is 8.38. The van der Waals surface area contributed by atoms with Gasteiger partial charge in [-0.25, -0.2) is 13.2 Å². The van der Waals surface area contributed by atoms with Gasteiger partial charge in [-0.2, -0.15) is 0 Å². The number of para-hydroxylation sites is 1. The second kappa shape index (κ2) is 6.81. The molecule has 0 aliphatic carbocycles. The van der Waals surface area contributed by atoms with Gasteiger partial charge in [0.15, 0.2) is 5.58 Å². The number of benzene rings is 2. The Morgan fingerprint density at radius 3 is 2.35 bits per heavy atom. The number of aromatic nitrogens is 1. The van der Waals surface area contributed by atoms with Gasteiger partial charge < -0.3 is 4.42 Å². The number of rotatable bonds is 5. The summed E-state index contributed by atoms with van der Waals surface area (Å²) >= 11 is 6.21. The van der Waals surface area contributed by atoms with Crippen molar-refractivity contribution in [3.8, 4) is 0 Å². The van der Waals surface area contributed by atoms with Crippen LogP contribution in [0.3, 0.4) is 0 Å². The molecule has 6 nitrogen and oxygen atoms in total. The number of aryl methyl sites for hydroxylation is 3. The third kappa shape index (κ3) is 3.12.